The normalized spacial score (nSPS) is 17.3. The number of fused-ring (bicyclic) bond motifs is 8. The van der Waals surface area contributed by atoms with Gasteiger partial charge in [0.05, 0.1) is 40.8 Å². The van der Waals surface area contributed by atoms with Crippen LogP contribution in [-0.2, 0) is 0 Å². The summed E-state index contributed by atoms with van der Waals surface area (Å²) < 4.78 is 13.1. The Morgan fingerprint density at radius 1 is 0.531 bits per heavy atom. The molecule has 8 heteroatoms. The molecule has 0 N–H and O–H groups in total. The molecule has 6 heterocycles. The Kier molecular flexibility index (Phi) is 5.86. The van der Waals surface area contributed by atoms with Crippen LogP contribution in [0.25, 0.3) is 44.1 Å². The number of nitrogens with zero attached hydrogens (tertiary/aromatic N) is 6. The summed E-state index contributed by atoms with van der Waals surface area (Å²) in [7, 11) is 0. The molecular formula is C41H34N6O2. The second kappa shape index (κ2) is 10.2. The van der Waals surface area contributed by atoms with Gasteiger partial charge in [-0.05, 0) is 99.5 Å². The van der Waals surface area contributed by atoms with Crippen molar-refractivity contribution in [3.05, 3.63) is 121 Å². The standard InChI is InChI=1S/C41H34N6O2/c1-24-17-19-28-36-34(15-9-21-42-36)48-40(28)38(24)46-26(3)44(30-11-5-7-13-32(30)46)23-45-27(4)47(33-14-8-6-12-31(33)45)39-25(2)18-20-29-37-35(49-41(29)39)16-10-22-43-37/h5-22,26-27H,23H2,1-4H3/t26-,27+. The molecule has 0 radical (unpaired) electrons. The van der Waals surface area contributed by atoms with E-state index in [1.165, 1.54) is 11.4 Å². The first kappa shape index (κ1) is 28.0. The van der Waals surface area contributed by atoms with Gasteiger partial charge in [0.25, 0.3) is 0 Å². The van der Waals surface area contributed by atoms with Crippen molar-refractivity contribution >= 4 is 78.3 Å². The lowest BCUT2D eigenvalue weighted by molar-refractivity contribution is 0.602. The Balaban J connectivity index is 1.09. The average molecular weight is 643 g/mol. The molecule has 0 aliphatic carbocycles. The Labute approximate surface area is 283 Å². The highest BCUT2D eigenvalue weighted by Gasteiger charge is 2.41. The molecule has 10 rings (SSSR count). The molecule has 8 nitrogen and oxygen atoms in total. The van der Waals surface area contributed by atoms with Crippen molar-refractivity contribution in [2.75, 3.05) is 26.3 Å². The summed E-state index contributed by atoms with van der Waals surface area (Å²) in [5.41, 5.74) is 14.3. The molecule has 0 saturated carbocycles. The average Bonchev–Trinajstić information content (AvgIpc) is 3.84. The fourth-order valence-electron chi connectivity index (χ4n) is 8.16. The van der Waals surface area contributed by atoms with E-state index in [0.717, 1.165) is 78.0 Å². The third kappa shape index (κ3) is 3.85. The summed E-state index contributed by atoms with van der Waals surface area (Å²) in [4.78, 5) is 19.2. The van der Waals surface area contributed by atoms with Gasteiger partial charge >= 0.3 is 0 Å². The van der Waals surface area contributed by atoms with Gasteiger partial charge in [-0.25, -0.2) is 0 Å². The predicted octanol–water partition coefficient (Wildman–Crippen LogP) is 10.2. The number of benzene rings is 4. The maximum atomic E-state index is 6.55. The summed E-state index contributed by atoms with van der Waals surface area (Å²) in [6.45, 7) is 9.59. The molecule has 0 spiro atoms. The first-order valence-electron chi connectivity index (χ1n) is 16.8. The van der Waals surface area contributed by atoms with E-state index in [9.17, 15) is 0 Å². The molecule has 0 unspecified atom stereocenters. The number of anilines is 6. The van der Waals surface area contributed by atoms with Crippen molar-refractivity contribution in [2.24, 2.45) is 0 Å². The number of hydrogen-bond acceptors (Lipinski definition) is 8. The number of aryl methyl sites for hydroxylation is 2. The predicted molar refractivity (Wildman–Crippen MR) is 198 cm³/mol. The van der Waals surface area contributed by atoms with Crippen LogP contribution in [0, 0.1) is 13.8 Å². The summed E-state index contributed by atoms with van der Waals surface area (Å²) in [6.07, 6.45) is 3.67. The quantitative estimate of drug-likeness (QED) is 0.188. The number of aromatic nitrogens is 2. The fraction of sp³-hybridized carbons (Fsp3) is 0.171. The number of para-hydroxylation sites is 4. The lowest BCUT2D eigenvalue weighted by Crippen LogP contribution is -2.49. The molecule has 0 fully saturated rings. The van der Waals surface area contributed by atoms with Crippen molar-refractivity contribution in [3.63, 3.8) is 0 Å². The second-order valence-electron chi connectivity index (χ2n) is 13.2. The van der Waals surface area contributed by atoms with Crippen LogP contribution < -0.4 is 19.6 Å². The summed E-state index contributed by atoms with van der Waals surface area (Å²) in [6, 6.07) is 33.9. The highest BCUT2D eigenvalue weighted by Crippen LogP contribution is 2.51. The van der Waals surface area contributed by atoms with Gasteiger partial charge < -0.3 is 28.4 Å². The maximum absolute atomic E-state index is 6.55. The zero-order valence-corrected chi connectivity index (χ0v) is 27.8. The number of pyridine rings is 2. The Morgan fingerprint density at radius 2 is 0.959 bits per heavy atom. The molecule has 4 aromatic heterocycles. The van der Waals surface area contributed by atoms with Gasteiger partial charge in [-0.1, -0.05) is 36.4 Å². The monoisotopic (exact) mass is 642 g/mol. The number of furan rings is 2. The highest BCUT2D eigenvalue weighted by atomic mass is 16.3. The number of hydrogen-bond donors (Lipinski definition) is 0. The second-order valence-corrected chi connectivity index (χ2v) is 13.2. The van der Waals surface area contributed by atoms with Crippen LogP contribution in [-0.4, -0.2) is 29.0 Å². The number of rotatable bonds is 4. The van der Waals surface area contributed by atoms with Gasteiger partial charge in [0.1, 0.15) is 23.4 Å². The molecule has 2 atom stereocenters. The molecule has 8 aromatic rings. The zero-order valence-electron chi connectivity index (χ0n) is 27.8. The van der Waals surface area contributed by atoms with Gasteiger partial charge in [0.2, 0.25) is 0 Å². The third-order valence-corrected chi connectivity index (χ3v) is 10.5. The van der Waals surface area contributed by atoms with E-state index in [0.29, 0.717) is 6.67 Å². The van der Waals surface area contributed by atoms with Gasteiger partial charge in [-0.3, -0.25) is 9.97 Å². The minimum atomic E-state index is 0.00268. The van der Waals surface area contributed by atoms with Crippen molar-refractivity contribution in [1.82, 2.24) is 9.97 Å². The molecule has 0 saturated heterocycles. The van der Waals surface area contributed by atoms with Crippen LogP contribution in [0.5, 0.6) is 0 Å². The molecule has 0 amide bonds. The highest BCUT2D eigenvalue weighted by molar-refractivity contribution is 6.10. The summed E-state index contributed by atoms with van der Waals surface area (Å²) >= 11 is 0. The molecule has 0 bridgehead atoms. The van der Waals surface area contributed by atoms with Crippen LogP contribution in [0.3, 0.4) is 0 Å². The molecule has 49 heavy (non-hydrogen) atoms. The zero-order chi connectivity index (χ0) is 33.0. The van der Waals surface area contributed by atoms with Gasteiger partial charge in [0, 0.05) is 23.2 Å². The first-order valence-corrected chi connectivity index (χ1v) is 16.8. The van der Waals surface area contributed by atoms with Crippen LogP contribution in [0.4, 0.5) is 34.1 Å². The Hall–Kier alpha value is -6.02. The van der Waals surface area contributed by atoms with Crippen molar-refractivity contribution in [1.29, 1.82) is 0 Å². The molecule has 4 aromatic carbocycles. The van der Waals surface area contributed by atoms with E-state index in [2.05, 4.69) is 130 Å². The van der Waals surface area contributed by atoms with E-state index in [4.69, 9.17) is 8.83 Å². The minimum Gasteiger partial charge on any atom is -0.452 e. The van der Waals surface area contributed by atoms with Gasteiger partial charge in [0.15, 0.2) is 22.3 Å². The molecule has 240 valence electrons. The smallest absolute Gasteiger partial charge is 0.161 e. The third-order valence-electron chi connectivity index (χ3n) is 10.5. The maximum Gasteiger partial charge on any atom is 0.161 e. The van der Waals surface area contributed by atoms with Crippen molar-refractivity contribution in [3.8, 4) is 0 Å². The van der Waals surface area contributed by atoms with E-state index in [-0.39, 0.29) is 12.3 Å². The van der Waals surface area contributed by atoms with E-state index < -0.39 is 0 Å². The Morgan fingerprint density at radius 3 is 1.41 bits per heavy atom. The topological polar surface area (TPSA) is 65.0 Å². The lowest BCUT2D eigenvalue weighted by Gasteiger charge is -2.37. The summed E-state index contributed by atoms with van der Waals surface area (Å²) in [5, 5.41) is 2.06. The minimum absolute atomic E-state index is 0.00268. The van der Waals surface area contributed by atoms with Crippen LogP contribution in [0.15, 0.2) is 118 Å². The van der Waals surface area contributed by atoms with Crippen LogP contribution in [0.1, 0.15) is 25.0 Å². The molecular weight excluding hydrogens is 608 g/mol. The van der Waals surface area contributed by atoms with E-state index in [1.807, 2.05) is 36.7 Å². The first-order chi connectivity index (χ1) is 24.0. The van der Waals surface area contributed by atoms with Gasteiger partial charge in [-0.15, -0.1) is 0 Å². The molecule has 2 aliphatic rings. The Bertz CT molecular complexity index is 2430. The lowest BCUT2D eigenvalue weighted by atomic mass is 10.1. The van der Waals surface area contributed by atoms with Crippen molar-refractivity contribution in [2.45, 2.75) is 40.0 Å². The fourth-order valence-corrected chi connectivity index (χ4v) is 8.16. The van der Waals surface area contributed by atoms with Crippen molar-refractivity contribution < 1.29 is 8.83 Å². The summed E-state index contributed by atoms with van der Waals surface area (Å²) in [5.74, 6) is 0. The SMILES string of the molecule is Cc1ccc2c(oc3cccnc32)c1N1c2ccccc2N(CN2c3ccccc3N(c3c(C)ccc4c3oc3cccnc34)[C@H]2C)[C@H]1C. The van der Waals surface area contributed by atoms with E-state index in [1.54, 1.807) is 0 Å². The van der Waals surface area contributed by atoms with E-state index >= 15 is 0 Å². The van der Waals surface area contributed by atoms with Crippen LogP contribution in [0.2, 0.25) is 0 Å². The van der Waals surface area contributed by atoms with Crippen LogP contribution >= 0.6 is 0 Å². The largest absolute Gasteiger partial charge is 0.452 e. The van der Waals surface area contributed by atoms with Gasteiger partial charge in [-0.2, -0.15) is 0 Å². The molecule has 2 aliphatic heterocycles.